The lowest BCUT2D eigenvalue weighted by molar-refractivity contribution is -0.132. The van der Waals surface area contributed by atoms with Crippen molar-refractivity contribution in [3.8, 4) is 0 Å². The van der Waals surface area contributed by atoms with Crippen LogP contribution in [0.5, 0.6) is 0 Å². The lowest BCUT2D eigenvalue weighted by atomic mass is 10.0. The second kappa shape index (κ2) is 11.1. The van der Waals surface area contributed by atoms with Gasteiger partial charge in [0.1, 0.15) is 0 Å². The summed E-state index contributed by atoms with van der Waals surface area (Å²) in [4.78, 5) is 13.1. The Hall–Kier alpha value is -0.800. The highest BCUT2D eigenvalue weighted by Gasteiger charge is 2.34. The van der Waals surface area contributed by atoms with Crippen molar-refractivity contribution in [3.05, 3.63) is 11.1 Å². The normalized spacial score (nSPS) is 23.6. The van der Waals surface area contributed by atoms with Crippen LogP contribution in [0.3, 0.4) is 0 Å². The average molecular weight is 388 g/mol. The molecule has 0 saturated carbocycles. The standard InChI is InChI=1S/C18H33N3O4S/c1-4-14(2)6-5-7-19-17(23)16-12-21(20-8-10-24-11-9-20)18(26-16)25-13-15(3)22/h12,14-15,18,22H,4-11,13H2,1-3H3,(H,19,23). The fraction of sp³-hybridized carbons (Fsp3) is 0.833. The summed E-state index contributed by atoms with van der Waals surface area (Å²) in [5.74, 6) is 0.641. The number of nitrogens with one attached hydrogen (secondary N) is 1. The molecule has 2 aliphatic heterocycles. The van der Waals surface area contributed by atoms with E-state index in [9.17, 15) is 9.90 Å². The van der Waals surface area contributed by atoms with Gasteiger partial charge in [-0.15, -0.1) is 0 Å². The Balaban J connectivity index is 1.88. The van der Waals surface area contributed by atoms with E-state index in [0.29, 0.717) is 30.6 Å². The summed E-state index contributed by atoms with van der Waals surface area (Å²) in [6, 6.07) is 0. The van der Waals surface area contributed by atoms with Crippen molar-refractivity contribution < 1.29 is 19.4 Å². The Bertz CT molecular complexity index is 469. The molecule has 1 saturated heterocycles. The highest BCUT2D eigenvalue weighted by atomic mass is 32.2. The van der Waals surface area contributed by atoms with E-state index in [2.05, 4.69) is 24.2 Å². The molecule has 2 rings (SSSR count). The molecule has 150 valence electrons. The number of hydrogen-bond donors (Lipinski definition) is 2. The minimum absolute atomic E-state index is 0.0550. The largest absolute Gasteiger partial charge is 0.391 e. The van der Waals surface area contributed by atoms with E-state index in [1.807, 2.05) is 11.2 Å². The third-order valence-electron chi connectivity index (χ3n) is 4.57. The molecular weight excluding hydrogens is 354 g/mol. The van der Waals surface area contributed by atoms with Gasteiger partial charge >= 0.3 is 0 Å². The van der Waals surface area contributed by atoms with E-state index in [4.69, 9.17) is 9.47 Å². The summed E-state index contributed by atoms with van der Waals surface area (Å²) in [7, 11) is 0. The molecule has 26 heavy (non-hydrogen) atoms. The van der Waals surface area contributed by atoms with Gasteiger partial charge in [-0.1, -0.05) is 32.0 Å². The van der Waals surface area contributed by atoms with E-state index in [1.54, 1.807) is 6.92 Å². The first kappa shape index (κ1) is 21.5. The molecule has 0 spiro atoms. The van der Waals surface area contributed by atoms with Gasteiger partial charge < -0.3 is 19.9 Å². The van der Waals surface area contributed by atoms with Crippen LogP contribution in [-0.4, -0.2) is 72.2 Å². The van der Waals surface area contributed by atoms with E-state index in [1.165, 1.54) is 18.2 Å². The van der Waals surface area contributed by atoms with Crippen molar-refractivity contribution in [2.75, 3.05) is 39.5 Å². The molecule has 1 fully saturated rings. The molecule has 7 nitrogen and oxygen atoms in total. The summed E-state index contributed by atoms with van der Waals surface area (Å²) >= 11 is 1.39. The minimum atomic E-state index is -0.541. The fourth-order valence-corrected chi connectivity index (χ4v) is 3.78. The number of amides is 1. The van der Waals surface area contributed by atoms with Gasteiger partial charge in [0.25, 0.3) is 5.91 Å². The Kier molecular flexibility index (Phi) is 9.21. The predicted octanol–water partition coefficient (Wildman–Crippen LogP) is 1.75. The lowest BCUT2D eigenvalue weighted by Crippen LogP contribution is -2.49. The van der Waals surface area contributed by atoms with Crippen LogP contribution in [0.4, 0.5) is 0 Å². The number of carbonyl (C=O) groups excluding carboxylic acids is 1. The minimum Gasteiger partial charge on any atom is -0.391 e. The van der Waals surface area contributed by atoms with Crippen molar-refractivity contribution in [2.24, 2.45) is 5.92 Å². The van der Waals surface area contributed by atoms with Crippen molar-refractivity contribution in [2.45, 2.75) is 51.7 Å². The van der Waals surface area contributed by atoms with E-state index < -0.39 is 6.10 Å². The zero-order chi connectivity index (χ0) is 18.9. The van der Waals surface area contributed by atoms with Gasteiger partial charge in [0.15, 0.2) is 5.56 Å². The van der Waals surface area contributed by atoms with Crippen LogP contribution in [0.25, 0.3) is 0 Å². The topological polar surface area (TPSA) is 74.3 Å². The first-order valence-corrected chi connectivity index (χ1v) is 10.5. The molecule has 0 aliphatic carbocycles. The molecule has 0 aromatic heterocycles. The smallest absolute Gasteiger partial charge is 0.259 e. The average Bonchev–Trinajstić information content (AvgIpc) is 3.08. The van der Waals surface area contributed by atoms with Crippen molar-refractivity contribution >= 4 is 17.7 Å². The SMILES string of the molecule is CCC(C)CCCNC(=O)C1=CN(N2CCOCC2)C(OCC(C)O)S1. The van der Waals surface area contributed by atoms with Crippen LogP contribution in [-0.2, 0) is 14.3 Å². The monoisotopic (exact) mass is 387 g/mol. The molecule has 0 bridgehead atoms. The zero-order valence-electron chi connectivity index (χ0n) is 16.1. The molecule has 3 unspecified atom stereocenters. The van der Waals surface area contributed by atoms with Crippen LogP contribution >= 0.6 is 11.8 Å². The van der Waals surface area contributed by atoms with Crippen LogP contribution in [0.1, 0.15) is 40.0 Å². The number of aliphatic hydroxyl groups is 1. The molecule has 0 radical (unpaired) electrons. The Labute approximate surface area is 161 Å². The highest BCUT2D eigenvalue weighted by Crippen LogP contribution is 2.35. The summed E-state index contributed by atoms with van der Waals surface area (Å²) in [6.07, 6.45) is 4.61. The number of morpholine rings is 1. The predicted molar refractivity (Wildman–Crippen MR) is 103 cm³/mol. The quantitative estimate of drug-likeness (QED) is 0.553. The first-order chi connectivity index (χ1) is 12.5. The van der Waals surface area contributed by atoms with E-state index in [0.717, 1.165) is 25.9 Å². The lowest BCUT2D eigenvalue weighted by Gasteiger charge is -2.37. The van der Waals surface area contributed by atoms with Gasteiger partial charge in [-0.05, 0) is 25.7 Å². The summed E-state index contributed by atoms with van der Waals surface area (Å²) in [5, 5.41) is 16.6. The van der Waals surface area contributed by atoms with Crippen molar-refractivity contribution in [1.82, 2.24) is 15.3 Å². The second-order valence-electron chi connectivity index (χ2n) is 6.96. The molecule has 8 heteroatoms. The fourth-order valence-electron chi connectivity index (χ4n) is 2.76. The Morgan fingerprint density at radius 3 is 2.85 bits per heavy atom. The number of thioether (sulfide) groups is 1. The molecule has 2 N–H and O–H groups in total. The van der Waals surface area contributed by atoms with Gasteiger partial charge in [-0.25, -0.2) is 5.01 Å². The summed E-state index contributed by atoms with van der Waals surface area (Å²) in [6.45, 7) is 9.89. The summed E-state index contributed by atoms with van der Waals surface area (Å²) in [5.41, 5.74) is -0.330. The molecule has 0 aromatic carbocycles. The molecule has 2 heterocycles. The van der Waals surface area contributed by atoms with Gasteiger partial charge in [-0.3, -0.25) is 9.80 Å². The number of ether oxygens (including phenoxy) is 2. The maximum atomic E-state index is 12.5. The van der Waals surface area contributed by atoms with Gasteiger partial charge in [0.05, 0.1) is 30.8 Å². The van der Waals surface area contributed by atoms with Crippen molar-refractivity contribution in [3.63, 3.8) is 0 Å². The molecule has 0 aromatic rings. The number of aliphatic hydroxyl groups excluding tert-OH is 1. The third-order valence-corrected chi connectivity index (χ3v) is 5.67. The van der Waals surface area contributed by atoms with E-state index >= 15 is 0 Å². The molecule has 2 aliphatic rings. The maximum absolute atomic E-state index is 12.5. The first-order valence-electron chi connectivity index (χ1n) is 9.58. The van der Waals surface area contributed by atoms with Gasteiger partial charge in [0, 0.05) is 25.8 Å². The second-order valence-corrected chi connectivity index (χ2v) is 8.04. The number of rotatable bonds is 10. The zero-order valence-corrected chi connectivity index (χ0v) is 17.0. The number of hydrazine groups is 1. The number of carbonyl (C=O) groups is 1. The maximum Gasteiger partial charge on any atom is 0.259 e. The highest BCUT2D eigenvalue weighted by molar-refractivity contribution is 8.04. The van der Waals surface area contributed by atoms with Crippen LogP contribution < -0.4 is 5.32 Å². The third kappa shape index (κ3) is 6.74. The van der Waals surface area contributed by atoms with Gasteiger partial charge in [0.2, 0.25) is 0 Å². The van der Waals surface area contributed by atoms with E-state index in [-0.39, 0.29) is 18.1 Å². The molecule has 1 amide bonds. The Morgan fingerprint density at radius 1 is 1.46 bits per heavy atom. The molecular formula is C18H33N3O4S. The van der Waals surface area contributed by atoms with Gasteiger partial charge in [-0.2, -0.15) is 0 Å². The van der Waals surface area contributed by atoms with Crippen molar-refractivity contribution in [1.29, 1.82) is 0 Å². The molecule has 3 atom stereocenters. The van der Waals surface area contributed by atoms with Crippen LogP contribution in [0.15, 0.2) is 11.1 Å². The summed E-state index contributed by atoms with van der Waals surface area (Å²) < 4.78 is 11.2. The number of hydrogen-bond acceptors (Lipinski definition) is 7. The van der Waals surface area contributed by atoms with Crippen LogP contribution in [0.2, 0.25) is 0 Å². The number of nitrogens with zero attached hydrogens (tertiary/aromatic N) is 2. The Morgan fingerprint density at radius 2 is 2.19 bits per heavy atom. The van der Waals surface area contributed by atoms with Crippen LogP contribution in [0, 0.1) is 5.92 Å².